The topological polar surface area (TPSA) is 58.6 Å². The standard InChI is InChI=1S/C14H19NO3/c1-10-2-4-13(5-3-10)18-9-14(17)15-8-11-6-12(16)7-11/h2-5,11-12,16H,6-9H2,1H3,(H,15,17). The average molecular weight is 249 g/mol. The van der Waals surface area contributed by atoms with E-state index in [2.05, 4.69) is 5.32 Å². The van der Waals surface area contributed by atoms with Crippen LogP contribution in [0.15, 0.2) is 24.3 Å². The highest BCUT2D eigenvalue weighted by Gasteiger charge is 2.27. The molecular weight excluding hydrogens is 230 g/mol. The summed E-state index contributed by atoms with van der Waals surface area (Å²) >= 11 is 0. The number of aliphatic hydroxyl groups is 1. The SMILES string of the molecule is Cc1ccc(OCC(=O)NCC2CC(O)C2)cc1. The van der Waals surface area contributed by atoms with Gasteiger partial charge in [-0.25, -0.2) is 0 Å². The van der Waals surface area contributed by atoms with Crippen molar-refractivity contribution < 1.29 is 14.6 Å². The summed E-state index contributed by atoms with van der Waals surface area (Å²) in [5.74, 6) is 1.01. The monoisotopic (exact) mass is 249 g/mol. The normalized spacial score (nSPS) is 22.1. The molecule has 0 unspecified atom stereocenters. The van der Waals surface area contributed by atoms with Crippen molar-refractivity contribution in [2.75, 3.05) is 13.2 Å². The first-order chi connectivity index (χ1) is 8.63. The minimum atomic E-state index is -0.171. The van der Waals surface area contributed by atoms with Gasteiger partial charge in [0.05, 0.1) is 6.10 Å². The molecule has 0 aromatic heterocycles. The van der Waals surface area contributed by atoms with Gasteiger partial charge in [0.25, 0.3) is 5.91 Å². The summed E-state index contributed by atoms with van der Waals surface area (Å²) in [6.45, 7) is 2.68. The number of rotatable bonds is 5. The van der Waals surface area contributed by atoms with Gasteiger partial charge in [0, 0.05) is 6.54 Å². The van der Waals surface area contributed by atoms with Crippen molar-refractivity contribution in [1.29, 1.82) is 0 Å². The van der Waals surface area contributed by atoms with Gasteiger partial charge in [-0.1, -0.05) is 17.7 Å². The predicted octanol–water partition coefficient (Wildman–Crippen LogP) is 1.26. The third-order valence-electron chi connectivity index (χ3n) is 3.19. The van der Waals surface area contributed by atoms with E-state index in [4.69, 9.17) is 9.84 Å². The molecule has 0 spiro atoms. The van der Waals surface area contributed by atoms with Crippen LogP contribution in [0.1, 0.15) is 18.4 Å². The van der Waals surface area contributed by atoms with Gasteiger partial charge in [-0.2, -0.15) is 0 Å². The lowest BCUT2D eigenvalue weighted by atomic mass is 9.82. The van der Waals surface area contributed by atoms with E-state index in [9.17, 15) is 4.79 Å². The number of aryl methyl sites for hydroxylation is 1. The summed E-state index contributed by atoms with van der Waals surface area (Å²) in [5.41, 5.74) is 1.16. The molecule has 0 bridgehead atoms. The molecule has 4 heteroatoms. The number of benzene rings is 1. The Morgan fingerprint density at radius 3 is 2.67 bits per heavy atom. The van der Waals surface area contributed by atoms with Crippen molar-refractivity contribution >= 4 is 5.91 Å². The number of carbonyl (C=O) groups excluding carboxylic acids is 1. The number of nitrogens with one attached hydrogen (secondary N) is 1. The Kier molecular flexibility index (Phi) is 4.20. The second kappa shape index (κ2) is 5.87. The van der Waals surface area contributed by atoms with Gasteiger partial charge in [-0.15, -0.1) is 0 Å². The van der Waals surface area contributed by atoms with E-state index in [-0.39, 0.29) is 18.6 Å². The summed E-state index contributed by atoms with van der Waals surface area (Å²) in [6, 6.07) is 7.60. The zero-order chi connectivity index (χ0) is 13.0. The van der Waals surface area contributed by atoms with Crippen LogP contribution in [0.4, 0.5) is 0 Å². The van der Waals surface area contributed by atoms with Crippen molar-refractivity contribution in [3.63, 3.8) is 0 Å². The van der Waals surface area contributed by atoms with Crippen LogP contribution in [0.25, 0.3) is 0 Å². The first-order valence-electron chi connectivity index (χ1n) is 6.27. The maximum Gasteiger partial charge on any atom is 0.257 e. The third-order valence-corrected chi connectivity index (χ3v) is 3.19. The Bertz CT molecular complexity index is 396. The van der Waals surface area contributed by atoms with Gasteiger partial charge in [-0.3, -0.25) is 4.79 Å². The number of hydrogen-bond donors (Lipinski definition) is 2. The molecule has 0 saturated heterocycles. The average Bonchev–Trinajstić information content (AvgIpc) is 2.32. The summed E-state index contributed by atoms with van der Waals surface area (Å²) in [6.07, 6.45) is 1.41. The lowest BCUT2D eigenvalue weighted by molar-refractivity contribution is -0.123. The van der Waals surface area contributed by atoms with Crippen molar-refractivity contribution in [3.05, 3.63) is 29.8 Å². The highest BCUT2D eigenvalue weighted by molar-refractivity contribution is 5.77. The van der Waals surface area contributed by atoms with Crippen LogP contribution in [-0.4, -0.2) is 30.3 Å². The van der Waals surface area contributed by atoms with E-state index in [1.54, 1.807) is 0 Å². The number of hydrogen-bond acceptors (Lipinski definition) is 3. The minimum Gasteiger partial charge on any atom is -0.484 e. The van der Waals surface area contributed by atoms with Gasteiger partial charge >= 0.3 is 0 Å². The van der Waals surface area contributed by atoms with Crippen molar-refractivity contribution in [3.8, 4) is 5.75 Å². The van der Waals surface area contributed by atoms with Gasteiger partial charge in [0.1, 0.15) is 5.75 Å². The van der Waals surface area contributed by atoms with Crippen LogP contribution in [0, 0.1) is 12.8 Å². The van der Waals surface area contributed by atoms with Crippen LogP contribution in [0.5, 0.6) is 5.75 Å². The molecule has 0 atom stereocenters. The highest BCUT2D eigenvalue weighted by Crippen LogP contribution is 2.25. The highest BCUT2D eigenvalue weighted by atomic mass is 16.5. The van der Waals surface area contributed by atoms with Crippen molar-refractivity contribution in [2.45, 2.75) is 25.9 Å². The second-order valence-corrected chi connectivity index (χ2v) is 4.90. The summed E-state index contributed by atoms with van der Waals surface area (Å²) in [4.78, 5) is 11.5. The third kappa shape index (κ3) is 3.74. The molecule has 0 radical (unpaired) electrons. The smallest absolute Gasteiger partial charge is 0.257 e. The van der Waals surface area contributed by atoms with E-state index in [1.165, 1.54) is 0 Å². The molecule has 2 N–H and O–H groups in total. The van der Waals surface area contributed by atoms with E-state index < -0.39 is 0 Å². The van der Waals surface area contributed by atoms with E-state index in [0.29, 0.717) is 18.2 Å². The zero-order valence-corrected chi connectivity index (χ0v) is 10.6. The fourth-order valence-corrected chi connectivity index (χ4v) is 1.96. The minimum absolute atomic E-state index is 0.0400. The Hall–Kier alpha value is -1.55. The zero-order valence-electron chi connectivity index (χ0n) is 10.6. The van der Waals surface area contributed by atoms with E-state index >= 15 is 0 Å². The Balaban J connectivity index is 1.64. The van der Waals surface area contributed by atoms with Crippen LogP contribution in [0.2, 0.25) is 0 Å². The number of carbonyl (C=O) groups is 1. The molecular formula is C14H19NO3. The Morgan fingerprint density at radius 2 is 2.06 bits per heavy atom. The molecule has 1 saturated carbocycles. The number of amides is 1. The summed E-state index contributed by atoms with van der Waals surface area (Å²) < 4.78 is 5.37. The number of ether oxygens (including phenoxy) is 1. The largest absolute Gasteiger partial charge is 0.484 e. The Morgan fingerprint density at radius 1 is 1.39 bits per heavy atom. The van der Waals surface area contributed by atoms with Crippen molar-refractivity contribution in [1.82, 2.24) is 5.32 Å². The molecule has 98 valence electrons. The van der Waals surface area contributed by atoms with Crippen LogP contribution < -0.4 is 10.1 Å². The molecule has 1 fully saturated rings. The van der Waals surface area contributed by atoms with Crippen molar-refractivity contribution in [2.24, 2.45) is 5.92 Å². The second-order valence-electron chi connectivity index (χ2n) is 4.90. The first kappa shape index (κ1) is 12.9. The molecule has 1 aliphatic carbocycles. The fraction of sp³-hybridized carbons (Fsp3) is 0.500. The predicted molar refractivity (Wildman–Crippen MR) is 68.4 cm³/mol. The molecule has 1 amide bonds. The van der Waals surface area contributed by atoms with Crippen LogP contribution in [-0.2, 0) is 4.79 Å². The Labute approximate surface area is 107 Å². The quantitative estimate of drug-likeness (QED) is 0.826. The summed E-state index contributed by atoms with van der Waals surface area (Å²) in [7, 11) is 0. The van der Waals surface area contributed by atoms with Crippen LogP contribution in [0.3, 0.4) is 0 Å². The van der Waals surface area contributed by atoms with Gasteiger partial charge in [-0.05, 0) is 37.8 Å². The van der Waals surface area contributed by atoms with Gasteiger partial charge < -0.3 is 15.2 Å². The summed E-state index contributed by atoms with van der Waals surface area (Å²) in [5, 5.41) is 11.9. The lowest BCUT2D eigenvalue weighted by Gasteiger charge is -2.31. The first-order valence-corrected chi connectivity index (χ1v) is 6.27. The molecule has 1 aliphatic rings. The molecule has 18 heavy (non-hydrogen) atoms. The van der Waals surface area contributed by atoms with Gasteiger partial charge in [0.15, 0.2) is 6.61 Å². The fourth-order valence-electron chi connectivity index (χ4n) is 1.96. The lowest BCUT2D eigenvalue weighted by Crippen LogP contribution is -2.39. The molecule has 1 aromatic rings. The molecule has 0 heterocycles. The molecule has 0 aliphatic heterocycles. The molecule has 1 aromatic carbocycles. The maximum absolute atomic E-state index is 11.5. The van der Waals surface area contributed by atoms with Crippen LogP contribution >= 0.6 is 0 Å². The molecule has 4 nitrogen and oxygen atoms in total. The molecule has 2 rings (SSSR count). The van der Waals surface area contributed by atoms with E-state index in [1.807, 2.05) is 31.2 Å². The number of aliphatic hydroxyl groups excluding tert-OH is 1. The van der Waals surface area contributed by atoms with E-state index in [0.717, 1.165) is 18.4 Å². The van der Waals surface area contributed by atoms with Gasteiger partial charge in [0.2, 0.25) is 0 Å². The maximum atomic E-state index is 11.5.